The monoisotopic (exact) mass is 208 g/mol. The smallest absolute Gasteiger partial charge is 0.146 e. The second-order valence-corrected chi connectivity index (χ2v) is 4.24. The van der Waals surface area contributed by atoms with Gasteiger partial charge in [0.2, 0.25) is 0 Å². The minimum Gasteiger partial charge on any atom is -0.315 e. The van der Waals surface area contributed by atoms with Gasteiger partial charge in [0.05, 0.1) is 6.54 Å². The Labute approximate surface area is 91.1 Å². The number of hydrogen-bond acceptors (Lipinski definition) is 3. The lowest BCUT2D eigenvalue weighted by atomic mass is 10.0. The lowest BCUT2D eigenvalue weighted by molar-refractivity contribution is 0.504. The topological polar surface area (TPSA) is 42.7 Å². The summed E-state index contributed by atoms with van der Waals surface area (Å²) in [6.45, 7) is 2.90. The summed E-state index contributed by atoms with van der Waals surface area (Å²) < 4.78 is 2.07. The minimum atomic E-state index is 0.861. The molecule has 0 saturated heterocycles. The first-order valence-electron chi connectivity index (χ1n) is 6.04. The number of aromatic nitrogens is 3. The molecule has 0 aromatic carbocycles. The van der Waals surface area contributed by atoms with Gasteiger partial charge >= 0.3 is 0 Å². The molecule has 1 aliphatic carbocycles. The molecule has 0 atom stereocenters. The molecule has 4 heteroatoms. The maximum Gasteiger partial charge on any atom is 0.146 e. The van der Waals surface area contributed by atoms with Crippen molar-refractivity contribution in [3.05, 3.63) is 12.2 Å². The van der Waals surface area contributed by atoms with E-state index in [0.29, 0.717) is 0 Å². The standard InChI is InChI=1S/C6H12.C5H8N4/c1-2-4-6-5-3-1;1-2-9-4-7-8-5(9)3-6-1/h1-6H2;4,6H,1-3H2. The van der Waals surface area contributed by atoms with Crippen LogP contribution in [0.3, 0.4) is 0 Å². The van der Waals surface area contributed by atoms with Crippen molar-refractivity contribution in [2.45, 2.75) is 51.6 Å². The number of hydrogen-bond donors (Lipinski definition) is 1. The Bertz CT molecular complexity index is 246. The van der Waals surface area contributed by atoms with Crippen molar-refractivity contribution < 1.29 is 0 Å². The zero-order chi connectivity index (χ0) is 10.3. The van der Waals surface area contributed by atoms with Crippen LogP contribution in [0.5, 0.6) is 0 Å². The van der Waals surface area contributed by atoms with Gasteiger partial charge in [-0.05, 0) is 0 Å². The van der Waals surface area contributed by atoms with Gasteiger partial charge in [0, 0.05) is 13.1 Å². The summed E-state index contributed by atoms with van der Waals surface area (Å²) in [6.07, 6.45) is 10.8. The molecule has 3 rings (SSSR count). The number of rotatable bonds is 0. The van der Waals surface area contributed by atoms with Crippen LogP contribution in [0.1, 0.15) is 44.3 Å². The third kappa shape index (κ3) is 3.30. The predicted molar refractivity (Wildman–Crippen MR) is 59.4 cm³/mol. The van der Waals surface area contributed by atoms with Gasteiger partial charge in [-0.25, -0.2) is 0 Å². The highest BCUT2D eigenvalue weighted by Gasteiger charge is 2.06. The highest BCUT2D eigenvalue weighted by Crippen LogP contribution is 2.15. The maximum absolute atomic E-state index is 3.91. The Morgan fingerprint density at radius 1 is 1.07 bits per heavy atom. The van der Waals surface area contributed by atoms with Crippen molar-refractivity contribution in [3.8, 4) is 0 Å². The van der Waals surface area contributed by atoms with Crippen LogP contribution >= 0.6 is 0 Å². The van der Waals surface area contributed by atoms with Crippen LogP contribution in [-0.4, -0.2) is 21.3 Å². The first kappa shape index (κ1) is 10.6. The van der Waals surface area contributed by atoms with E-state index in [0.717, 1.165) is 25.5 Å². The zero-order valence-corrected chi connectivity index (χ0v) is 9.28. The van der Waals surface area contributed by atoms with Gasteiger partial charge in [0.1, 0.15) is 12.2 Å². The Hall–Kier alpha value is -0.900. The van der Waals surface area contributed by atoms with Crippen molar-refractivity contribution in [2.75, 3.05) is 6.54 Å². The first-order valence-corrected chi connectivity index (χ1v) is 6.04. The summed E-state index contributed by atoms with van der Waals surface area (Å²) in [5.74, 6) is 1.04. The van der Waals surface area contributed by atoms with Crippen molar-refractivity contribution in [2.24, 2.45) is 0 Å². The molecule has 15 heavy (non-hydrogen) atoms. The van der Waals surface area contributed by atoms with Crippen LogP contribution in [0.15, 0.2) is 6.33 Å². The molecule has 0 unspecified atom stereocenters. The highest BCUT2D eigenvalue weighted by molar-refractivity contribution is 4.87. The molecule has 0 radical (unpaired) electrons. The van der Waals surface area contributed by atoms with E-state index in [1.807, 2.05) is 0 Å². The third-order valence-electron chi connectivity index (χ3n) is 3.01. The Kier molecular flexibility index (Phi) is 4.14. The highest BCUT2D eigenvalue weighted by atomic mass is 15.3. The molecule has 2 heterocycles. The van der Waals surface area contributed by atoms with Crippen molar-refractivity contribution in [1.82, 2.24) is 20.1 Å². The fraction of sp³-hybridized carbons (Fsp3) is 0.818. The first-order chi connectivity index (χ1) is 7.47. The van der Waals surface area contributed by atoms with Crippen molar-refractivity contribution in [1.29, 1.82) is 0 Å². The third-order valence-corrected chi connectivity index (χ3v) is 3.01. The second kappa shape index (κ2) is 5.85. The lowest BCUT2D eigenvalue weighted by Crippen LogP contribution is -2.27. The molecule has 1 aliphatic heterocycles. The van der Waals surface area contributed by atoms with Gasteiger partial charge in [-0.1, -0.05) is 38.5 Å². The molecule has 1 fully saturated rings. The van der Waals surface area contributed by atoms with Crippen LogP contribution in [0.2, 0.25) is 0 Å². The van der Waals surface area contributed by atoms with Gasteiger partial charge in [-0.2, -0.15) is 0 Å². The van der Waals surface area contributed by atoms with E-state index in [1.165, 1.54) is 38.5 Å². The van der Waals surface area contributed by atoms with E-state index in [9.17, 15) is 0 Å². The quantitative estimate of drug-likeness (QED) is 0.706. The van der Waals surface area contributed by atoms with E-state index in [1.54, 1.807) is 6.33 Å². The Morgan fingerprint density at radius 3 is 2.33 bits per heavy atom. The maximum atomic E-state index is 3.91. The molecule has 0 bridgehead atoms. The fourth-order valence-electron chi connectivity index (χ4n) is 2.06. The second-order valence-electron chi connectivity index (χ2n) is 4.24. The SMILES string of the molecule is C1CCCCC1.c1nnc2n1CCNC2. The summed E-state index contributed by atoms with van der Waals surface area (Å²) >= 11 is 0. The summed E-state index contributed by atoms with van der Waals surface area (Å²) in [5, 5.41) is 10.9. The Morgan fingerprint density at radius 2 is 1.73 bits per heavy atom. The summed E-state index contributed by atoms with van der Waals surface area (Å²) in [6, 6.07) is 0. The van der Waals surface area contributed by atoms with E-state index < -0.39 is 0 Å². The lowest BCUT2D eigenvalue weighted by Gasteiger charge is -2.12. The van der Waals surface area contributed by atoms with Crippen LogP contribution in [0.25, 0.3) is 0 Å². The molecule has 1 N–H and O–H groups in total. The van der Waals surface area contributed by atoms with Crippen LogP contribution < -0.4 is 5.32 Å². The average molecular weight is 208 g/mol. The van der Waals surface area contributed by atoms with E-state index in [2.05, 4.69) is 20.1 Å². The molecule has 1 saturated carbocycles. The molecule has 1 aromatic heterocycles. The van der Waals surface area contributed by atoms with Gasteiger partial charge < -0.3 is 9.88 Å². The summed E-state index contributed by atoms with van der Waals surface area (Å²) in [5.41, 5.74) is 0. The molecule has 1 aromatic rings. The average Bonchev–Trinajstić information content (AvgIpc) is 2.80. The molecule has 4 nitrogen and oxygen atoms in total. The molecule has 0 spiro atoms. The van der Waals surface area contributed by atoms with Crippen LogP contribution in [0, 0.1) is 0 Å². The van der Waals surface area contributed by atoms with Crippen molar-refractivity contribution >= 4 is 0 Å². The summed E-state index contributed by atoms with van der Waals surface area (Å²) in [4.78, 5) is 0. The van der Waals surface area contributed by atoms with Gasteiger partial charge in [0.15, 0.2) is 0 Å². The van der Waals surface area contributed by atoms with Gasteiger partial charge in [0.25, 0.3) is 0 Å². The fourth-order valence-corrected chi connectivity index (χ4v) is 2.06. The predicted octanol–water partition coefficient (Wildman–Crippen LogP) is 1.72. The Balaban J connectivity index is 0.000000124. The molecular weight excluding hydrogens is 188 g/mol. The normalized spacial score (nSPS) is 20.0. The molecule has 84 valence electrons. The number of nitrogens with zero attached hydrogens (tertiary/aromatic N) is 3. The van der Waals surface area contributed by atoms with Gasteiger partial charge in [-0.15, -0.1) is 10.2 Å². The molecular formula is C11H20N4. The van der Waals surface area contributed by atoms with Crippen LogP contribution in [-0.2, 0) is 13.1 Å². The summed E-state index contributed by atoms with van der Waals surface area (Å²) in [7, 11) is 0. The zero-order valence-electron chi connectivity index (χ0n) is 9.28. The van der Waals surface area contributed by atoms with Crippen molar-refractivity contribution in [3.63, 3.8) is 0 Å². The molecule has 2 aliphatic rings. The van der Waals surface area contributed by atoms with Gasteiger partial charge in [-0.3, -0.25) is 0 Å². The van der Waals surface area contributed by atoms with E-state index in [-0.39, 0.29) is 0 Å². The molecule has 0 amide bonds. The number of nitrogens with one attached hydrogen (secondary N) is 1. The largest absolute Gasteiger partial charge is 0.315 e. The van der Waals surface area contributed by atoms with E-state index >= 15 is 0 Å². The van der Waals surface area contributed by atoms with E-state index in [4.69, 9.17) is 0 Å². The minimum absolute atomic E-state index is 0.861. The number of fused-ring (bicyclic) bond motifs is 1. The van der Waals surface area contributed by atoms with Crippen LogP contribution in [0.4, 0.5) is 0 Å².